The summed E-state index contributed by atoms with van der Waals surface area (Å²) in [6, 6.07) is 3.51. The standard InChI is InChI=1S/C26H25F3N4O4/c1-16-5-6-17-13-20(9-10-22(17)33(16)36)37-12-4-11-31-24(35)32(23(34)25(31,2)3)19-8-7-18(15-30)21(14-19)26(27,28)29/h5-10,14,36H,4,11-13H2,1-3H3. The number of amides is 3. The summed E-state index contributed by atoms with van der Waals surface area (Å²) in [5.41, 5.74) is -1.07. The van der Waals surface area contributed by atoms with Crippen molar-refractivity contribution in [3.8, 4) is 6.07 Å². The van der Waals surface area contributed by atoms with Crippen molar-refractivity contribution in [1.29, 1.82) is 5.26 Å². The van der Waals surface area contributed by atoms with Gasteiger partial charge < -0.3 is 9.64 Å². The summed E-state index contributed by atoms with van der Waals surface area (Å²) >= 11 is 0. The molecule has 3 aliphatic rings. The van der Waals surface area contributed by atoms with Crippen molar-refractivity contribution in [2.24, 2.45) is 0 Å². The third kappa shape index (κ3) is 4.72. The van der Waals surface area contributed by atoms with E-state index in [1.807, 2.05) is 6.08 Å². The molecule has 11 heteroatoms. The number of allylic oxidation sites excluding steroid dienone is 7. The maximum atomic E-state index is 13.4. The van der Waals surface area contributed by atoms with E-state index in [9.17, 15) is 28.0 Å². The minimum atomic E-state index is -4.82. The quantitative estimate of drug-likeness (QED) is 0.412. The maximum Gasteiger partial charge on any atom is 0.417 e. The lowest BCUT2D eigenvalue weighted by Crippen LogP contribution is -2.44. The van der Waals surface area contributed by atoms with E-state index in [1.165, 1.54) is 24.8 Å². The number of anilines is 1. The van der Waals surface area contributed by atoms with Crippen LogP contribution in [-0.4, -0.2) is 45.8 Å². The average Bonchev–Trinajstić information content (AvgIpc) is 3.01. The first-order chi connectivity index (χ1) is 17.4. The van der Waals surface area contributed by atoms with Crippen molar-refractivity contribution >= 4 is 17.6 Å². The highest BCUT2D eigenvalue weighted by Gasteiger charge is 2.52. The topological polar surface area (TPSA) is 97.1 Å². The molecule has 0 radical (unpaired) electrons. The highest BCUT2D eigenvalue weighted by atomic mass is 19.4. The first-order valence-corrected chi connectivity index (χ1v) is 11.5. The van der Waals surface area contributed by atoms with Gasteiger partial charge in [0.15, 0.2) is 0 Å². The number of alkyl halides is 3. The van der Waals surface area contributed by atoms with Crippen LogP contribution >= 0.6 is 0 Å². The Morgan fingerprint density at radius 3 is 2.57 bits per heavy atom. The molecule has 0 bridgehead atoms. The molecule has 37 heavy (non-hydrogen) atoms. The van der Waals surface area contributed by atoms with E-state index in [0.717, 1.165) is 27.7 Å². The molecule has 1 aliphatic carbocycles. The van der Waals surface area contributed by atoms with Crippen molar-refractivity contribution in [3.63, 3.8) is 0 Å². The summed E-state index contributed by atoms with van der Waals surface area (Å²) in [5, 5.41) is 20.2. The van der Waals surface area contributed by atoms with E-state index in [2.05, 4.69) is 0 Å². The molecule has 4 rings (SSSR count). The molecule has 0 saturated carbocycles. The number of urea groups is 1. The van der Waals surface area contributed by atoms with Gasteiger partial charge in [-0.3, -0.25) is 10.0 Å². The van der Waals surface area contributed by atoms with E-state index >= 15 is 0 Å². The van der Waals surface area contributed by atoms with Crippen LogP contribution in [0.4, 0.5) is 23.7 Å². The smallest absolute Gasteiger partial charge is 0.417 e. The molecule has 2 aliphatic heterocycles. The molecule has 1 fully saturated rings. The normalized spacial score (nSPS) is 19.1. The van der Waals surface area contributed by atoms with Gasteiger partial charge in [0.2, 0.25) is 0 Å². The van der Waals surface area contributed by atoms with Crippen LogP contribution in [0.2, 0.25) is 0 Å². The summed E-state index contributed by atoms with van der Waals surface area (Å²) in [6.07, 6.45) is 3.24. The van der Waals surface area contributed by atoms with Gasteiger partial charge in [0.05, 0.1) is 35.2 Å². The Labute approximate surface area is 211 Å². The van der Waals surface area contributed by atoms with Crippen molar-refractivity contribution in [3.05, 3.63) is 76.4 Å². The molecule has 2 heterocycles. The van der Waals surface area contributed by atoms with E-state index in [-0.39, 0.29) is 18.8 Å². The second kappa shape index (κ2) is 9.44. The number of nitriles is 1. The second-order valence-electron chi connectivity index (χ2n) is 9.35. The van der Waals surface area contributed by atoms with Gasteiger partial charge in [-0.1, -0.05) is 6.08 Å². The Balaban J connectivity index is 1.43. The molecule has 194 valence electrons. The molecule has 0 spiro atoms. The predicted molar refractivity (Wildman–Crippen MR) is 127 cm³/mol. The van der Waals surface area contributed by atoms with Gasteiger partial charge in [-0.25, -0.2) is 14.8 Å². The van der Waals surface area contributed by atoms with Gasteiger partial charge >= 0.3 is 12.2 Å². The number of imide groups is 1. The number of fused-ring (bicyclic) bond motifs is 1. The number of hydrogen-bond donors (Lipinski definition) is 1. The van der Waals surface area contributed by atoms with Gasteiger partial charge in [0.1, 0.15) is 11.3 Å². The third-order valence-electron chi connectivity index (χ3n) is 6.53. The largest absolute Gasteiger partial charge is 0.498 e. The van der Waals surface area contributed by atoms with Crippen molar-refractivity contribution in [1.82, 2.24) is 9.96 Å². The molecule has 0 aromatic heterocycles. The number of hydroxylamine groups is 2. The first kappa shape index (κ1) is 26.0. The number of ether oxygens (including phenoxy) is 1. The molecule has 3 amide bonds. The lowest BCUT2D eigenvalue weighted by atomic mass is 9.99. The van der Waals surface area contributed by atoms with Crippen LogP contribution in [0.1, 0.15) is 44.7 Å². The first-order valence-electron chi connectivity index (χ1n) is 11.5. The lowest BCUT2D eigenvalue weighted by molar-refractivity contribution is -0.137. The molecule has 1 aromatic rings. The minimum Gasteiger partial charge on any atom is -0.498 e. The van der Waals surface area contributed by atoms with Crippen molar-refractivity contribution in [2.75, 3.05) is 18.1 Å². The van der Waals surface area contributed by atoms with Gasteiger partial charge in [0, 0.05) is 18.7 Å². The van der Waals surface area contributed by atoms with Crippen LogP contribution < -0.4 is 4.90 Å². The van der Waals surface area contributed by atoms with Crippen LogP contribution in [0.5, 0.6) is 0 Å². The van der Waals surface area contributed by atoms with E-state index in [1.54, 1.807) is 25.2 Å². The summed E-state index contributed by atoms with van der Waals surface area (Å²) in [5.74, 6) is 0.0170. The summed E-state index contributed by atoms with van der Waals surface area (Å²) in [6.45, 7) is 5.23. The predicted octanol–water partition coefficient (Wildman–Crippen LogP) is 5.24. The zero-order valence-corrected chi connectivity index (χ0v) is 20.5. The zero-order chi connectivity index (χ0) is 27.1. The number of nitrogens with zero attached hydrogens (tertiary/aromatic N) is 4. The fourth-order valence-electron chi connectivity index (χ4n) is 4.42. The molecular weight excluding hydrogens is 489 g/mol. The fraction of sp³-hybridized carbons (Fsp3) is 0.346. The molecular formula is C26H25F3N4O4. The molecule has 0 unspecified atom stereocenters. The highest BCUT2D eigenvalue weighted by Crippen LogP contribution is 2.38. The van der Waals surface area contributed by atoms with E-state index in [0.29, 0.717) is 36.1 Å². The number of halogens is 3. The second-order valence-corrected chi connectivity index (χ2v) is 9.35. The van der Waals surface area contributed by atoms with Crippen LogP contribution in [0.25, 0.3) is 0 Å². The lowest BCUT2D eigenvalue weighted by Gasteiger charge is -2.29. The maximum absolute atomic E-state index is 13.4. The molecule has 1 N–H and O–H groups in total. The monoisotopic (exact) mass is 514 g/mol. The highest BCUT2D eigenvalue weighted by molar-refractivity contribution is 6.23. The van der Waals surface area contributed by atoms with Crippen molar-refractivity contribution in [2.45, 2.75) is 45.3 Å². The van der Waals surface area contributed by atoms with Crippen LogP contribution in [0.3, 0.4) is 0 Å². The molecule has 0 atom stereocenters. The molecule has 8 nitrogen and oxygen atoms in total. The van der Waals surface area contributed by atoms with Gasteiger partial charge in [0.25, 0.3) is 5.91 Å². The van der Waals surface area contributed by atoms with Crippen molar-refractivity contribution < 1.29 is 32.7 Å². The summed E-state index contributed by atoms with van der Waals surface area (Å²) < 4.78 is 46.1. The van der Waals surface area contributed by atoms with Gasteiger partial charge in [-0.15, -0.1) is 0 Å². The van der Waals surface area contributed by atoms with Crippen LogP contribution in [-0.2, 0) is 15.7 Å². The summed E-state index contributed by atoms with van der Waals surface area (Å²) in [4.78, 5) is 28.2. The van der Waals surface area contributed by atoms with Gasteiger partial charge in [-0.05, 0) is 69.2 Å². The number of rotatable bonds is 6. The average molecular weight is 515 g/mol. The minimum absolute atomic E-state index is 0.139. The molecule has 1 aromatic carbocycles. The Hall–Kier alpha value is -4.04. The number of benzene rings is 1. The Bertz CT molecular complexity index is 1320. The van der Waals surface area contributed by atoms with E-state index < -0.39 is 34.8 Å². The fourth-order valence-corrected chi connectivity index (χ4v) is 4.42. The Morgan fingerprint density at radius 1 is 1.16 bits per heavy atom. The number of hydrogen-bond acceptors (Lipinski definition) is 6. The number of carbonyl (C=O) groups is 2. The van der Waals surface area contributed by atoms with Crippen LogP contribution in [0, 0.1) is 11.3 Å². The SMILES string of the molecule is CC1=CC=C2CC(OCCCN3C(=O)N(c4ccc(C#N)c(C(F)(F)F)c4)C(=O)C3(C)C)=CC=C2N1O. The zero-order valence-electron chi connectivity index (χ0n) is 20.5. The summed E-state index contributed by atoms with van der Waals surface area (Å²) in [7, 11) is 0. The van der Waals surface area contributed by atoms with E-state index in [4.69, 9.17) is 10.00 Å². The van der Waals surface area contributed by atoms with Crippen LogP contribution in [0.15, 0.2) is 65.2 Å². The Kier molecular flexibility index (Phi) is 6.64. The third-order valence-corrected chi connectivity index (χ3v) is 6.53. The Morgan fingerprint density at radius 2 is 1.89 bits per heavy atom. The number of carbonyl (C=O) groups excluding carboxylic acids is 2. The van der Waals surface area contributed by atoms with Gasteiger partial charge in [-0.2, -0.15) is 18.4 Å². The molecule has 1 saturated heterocycles.